The second-order valence-electron chi connectivity index (χ2n) is 4.00. The summed E-state index contributed by atoms with van der Waals surface area (Å²) in [5, 5.41) is 0. The van der Waals surface area contributed by atoms with Crippen LogP contribution in [0.15, 0.2) is 48.7 Å². The summed E-state index contributed by atoms with van der Waals surface area (Å²) in [5.74, 6) is -0.267. The lowest BCUT2D eigenvalue weighted by Gasteiger charge is -2.25. The Kier molecular flexibility index (Phi) is 1.72. The summed E-state index contributed by atoms with van der Waals surface area (Å²) >= 11 is 0. The number of ether oxygens (including phenoxy) is 1. The maximum Gasteiger partial charge on any atom is 0.357 e. The van der Waals surface area contributed by atoms with Gasteiger partial charge in [-0.2, -0.15) is 0 Å². The zero-order valence-corrected chi connectivity index (χ0v) is 8.88. The smallest absolute Gasteiger partial charge is 0.357 e. The third kappa shape index (κ3) is 1.05. The summed E-state index contributed by atoms with van der Waals surface area (Å²) < 4.78 is 7.34. The number of nitrogens with zero attached hydrogens (tertiary/aromatic N) is 1. The fraction of sp³-hybridized carbons (Fsp3) is 0.154. The first-order valence-electron chi connectivity index (χ1n) is 5.18. The average molecular weight is 213 g/mol. The van der Waals surface area contributed by atoms with Crippen LogP contribution in [0.1, 0.15) is 23.0 Å². The summed E-state index contributed by atoms with van der Waals surface area (Å²) in [5.41, 5.74) is 0.863. The second kappa shape index (κ2) is 2.98. The molecule has 1 aliphatic heterocycles. The normalized spacial score (nSPS) is 22.9. The van der Waals surface area contributed by atoms with Crippen molar-refractivity contribution in [2.45, 2.75) is 12.6 Å². The fourth-order valence-electron chi connectivity index (χ4n) is 2.15. The summed E-state index contributed by atoms with van der Waals surface area (Å²) in [6.07, 6.45) is 1.87. The molecular weight excluding hydrogens is 202 g/mol. The maximum absolute atomic E-state index is 11.7. The van der Waals surface area contributed by atoms with Gasteiger partial charge in [0.2, 0.25) is 5.72 Å². The van der Waals surface area contributed by atoms with E-state index in [1.165, 1.54) is 0 Å². The number of fused-ring (bicyclic) bond motifs is 1. The number of benzene rings is 1. The Morgan fingerprint density at radius 3 is 2.62 bits per heavy atom. The molecule has 0 bridgehead atoms. The maximum atomic E-state index is 11.7. The van der Waals surface area contributed by atoms with Crippen LogP contribution in [0.3, 0.4) is 0 Å². The van der Waals surface area contributed by atoms with Gasteiger partial charge in [0.05, 0.1) is 0 Å². The van der Waals surface area contributed by atoms with Crippen molar-refractivity contribution in [3.05, 3.63) is 59.9 Å². The van der Waals surface area contributed by atoms with E-state index in [2.05, 4.69) is 0 Å². The second-order valence-corrected chi connectivity index (χ2v) is 4.00. The average Bonchev–Trinajstić information content (AvgIpc) is 2.86. The van der Waals surface area contributed by atoms with E-state index in [1.807, 2.05) is 54.1 Å². The third-order valence-corrected chi connectivity index (χ3v) is 3.02. The van der Waals surface area contributed by atoms with E-state index in [0.717, 1.165) is 5.56 Å². The predicted molar refractivity (Wildman–Crippen MR) is 59.0 cm³/mol. The minimum Gasteiger partial charge on any atom is -0.430 e. The van der Waals surface area contributed by atoms with Crippen LogP contribution in [-0.2, 0) is 10.5 Å². The van der Waals surface area contributed by atoms with Crippen molar-refractivity contribution in [3.8, 4) is 0 Å². The fourth-order valence-corrected chi connectivity index (χ4v) is 2.15. The first-order valence-corrected chi connectivity index (χ1v) is 5.18. The molecule has 3 rings (SSSR count). The monoisotopic (exact) mass is 213 g/mol. The van der Waals surface area contributed by atoms with E-state index in [0.29, 0.717) is 5.69 Å². The largest absolute Gasteiger partial charge is 0.430 e. The lowest BCUT2D eigenvalue weighted by Crippen LogP contribution is -2.29. The van der Waals surface area contributed by atoms with Gasteiger partial charge in [-0.1, -0.05) is 30.3 Å². The van der Waals surface area contributed by atoms with Gasteiger partial charge in [0.1, 0.15) is 5.69 Å². The van der Waals surface area contributed by atoms with Crippen molar-refractivity contribution >= 4 is 5.97 Å². The molecule has 16 heavy (non-hydrogen) atoms. The highest BCUT2D eigenvalue weighted by molar-refractivity contribution is 5.90. The van der Waals surface area contributed by atoms with Gasteiger partial charge in [-0.05, 0) is 12.1 Å². The van der Waals surface area contributed by atoms with Gasteiger partial charge < -0.3 is 4.74 Å². The summed E-state index contributed by atoms with van der Waals surface area (Å²) in [6, 6.07) is 13.4. The summed E-state index contributed by atoms with van der Waals surface area (Å²) in [6.45, 7) is 1.90. The van der Waals surface area contributed by atoms with Crippen LogP contribution in [-0.4, -0.2) is 10.5 Å². The summed E-state index contributed by atoms with van der Waals surface area (Å²) in [7, 11) is 0. The zero-order valence-electron chi connectivity index (χ0n) is 8.88. The van der Waals surface area contributed by atoms with Crippen LogP contribution >= 0.6 is 0 Å². The summed E-state index contributed by atoms with van der Waals surface area (Å²) in [4.78, 5) is 11.7. The quantitative estimate of drug-likeness (QED) is 0.681. The lowest BCUT2D eigenvalue weighted by molar-refractivity contribution is -0.00516. The Hall–Kier alpha value is -2.03. The van der Waals surface area contributed by atoms with Gasteiger partial charge in [-0.15, -0.1) is 0 Å². The molecule has 1 unspecified atom stereocenters. The SMILES string of the molecule is CC1(c2ccccc2)OC(=O)c2cccn21. The Balaban J connectivity index is 2.19. The number of aromatic nitrogens is 1. The number of hydrogen-bond donors (Lipinski definition) is 0. The molecule has 0 radical (unpaired) electrons. The van der Waals surface area contributed by atoms with Gasteiger partial charge in [0.25, 0.3) is 0 Å². The van der Waals surface area contributed by atoms with Crippen LogP contribution < -0.4 is 0 Å². The highest BCUT2D eigenvalue weighted by Crippen LogP contribution is 2.35. The van der Waals surface area contributed by atoms with Crippen molar-refractivity contribution < 1.29 is 9.53 Å². The van der Waals surface area contributed by atoms with Crippen molar-refractivity contribution in [2.24, 2.45) is 0 Å². The van der Waals surface area contributed by atoms with Crippen molar-refractivity contribution in [2.75, 3.05) is 0 Å². The minimum absolute atomic E-state index is 0.267. The van der Waals surface area contributed by atoms with E-state index in [4.69, 9.17) is 4.74 Å². The Morgan fingerprint density at radius 1 is 1.12 bits per heavy atom. The van der Waals surface area contributed by atoms with Gasteiger partial charge in [0, 0.05) is 18.7 Å². The Bertz CT molecular complexity index is 544. The minimum atomic E-state index is -0.711. The van der Waals surface area contributed by atoms with Gasteiger partial charge in [0.15, 0.2) is 0 Å². The van der Waals surface area contributed by atoms with Crippen molar-refractivity contribution in [1.82, 2.24) is 4.57 Å². The highest BCUT2D eigenvalue weighted by Gasteiger charge is 2.41. The van der Waals surface area contributed by atoms with Crippen molar-refractivity contribution in [1.29, 1.82) is 0 Å². The molecule has 0 aliphatic carbocycles. The lowest BCUT2D eigenvalue weighted by atomic mass is 10.1. The molecule has 0 fully saturated rings. The van der Waals surface area contributed by atoms with E-state index in [-0.39, 0.29) is 5.97 Å². The molecule has 0 amide bonds. The first kappa shape index (κ1) is 9.21. The molecule has 3 heteroatoms. The van der Waals surface area contributed by atoms with Crippen molar-refractivity contribution in [3.63, 3.8) is 0 Å². The molecule has 1 aliphatic rings. The van der Waals surface area contributed by atoms with Gasteiger partial charge in [-0.3, -0.25) is 4.57 Å². The van der Waals surface area contributed by atoms with Gasteiger partial charge in [-0.25, -0.2) is 4.79 Å². The van der Waals surface area contributed by atoms with E-state index < -0.39 is 5.72 Å². The first-order chi connectivity index (χ1) is 7.72. The molecule has 0 saturated carbocycles. The number of esters is 1. The molecule has 80 valence electrons. The van der Waals surface area contributed by atoms with Crippen LogP contribution in [0.25, 0.3) is 0 Å². The molecule has 0 saturated heterocycles. The molecule has 1 atom stereocenters. The molecule has 3 nitrogen and oxygen atoms in total. The number of carbonyl (C=O) groups is 1. The van der Waals surface area contributed by atoms with E-state index in [9.17, 15) is 4.79 Å². The molecule has 2 heterocycles. The highest BCUT2D eigenvalue weighted by atomic mass is 16.6. The third-order valence-electron chi connectivity index (χ3n) is 3.02. The van der Waals surface area contributed by atoms with Gasteiger partial charge >= 0.3 is 5.97 Å². The molecule has 1 aromatic heterocycles. The number of hydrogen-bond acceptors (Lipinski definition) is 2. The number of cyclic esters (lactones) is 1. The van der Waals surface area contributed by atoms with Crippen LogP contribution in [0.5, 0.6) is 0 Å². The van der Waals surface area contributed by atoms with E-state index >= 15 is 0 Å². The predicted octanol–water partition coefficient (Wildman–Crippen LogP) is 2.38. The topological polar surface area (TPSA) is 31.2 Å². The molecule has 0 N–H and O–H groups in total. The molecule has 2 aromatic rings. The zero-order chi connectivity index (χ0) is 11.2. The van der Waals surface area contributed by atoms with Crippen LogP contribution in [0, 0.1) is 0 Å². The standard InChI is InChI=1S/C13H11NO2/c1-13(10-6-3-2-4-7-10)14-9-5-8-11(14)12(15)16-13/h2-9H,1H3. The van der Waals surface area contributed by atoms with E-state index in [1.54, 1.807) is 6.07 Å². The van der Waals surface area contributed by atoms with Crippen LogP contribution in [0.4, 0.5) is 0 Å². The molecule has 1 aromatic carbocycles. The molecule has 0 spiro atoms. The number of rotatable bonds is 1. The Labute approximate surface area is 93.3 Å². The van der Waals surface area contributed by atoms with Crippen LogP contribution in [0.2, 0.25) is 0 Å². The Morgan fingerprint density at radius 2 is 1.88 bits per heavy atom. The number of carbonyl (C=O) groups excluding carboxylic acids is 1. The molecular formula is C13H11NO2.